The molecule has 1 aliphatic heterocycles. The third-order valence-electron chi connectivity index (χ3n) is 3.06. The first-order valence-corrected chi connectivity index (χ1v) is 5.68. The van der Waals surface area contributed by atoms with Crippen LogP contribution in [-0.2, 0) is 9.47 Å². The minimum atomic E-state index is -0.607. The van der Waals surface area contributed by atoms with Crippen LogP contribution in [0.3, 0.4) is 0 Å². The number of pyridine rings is 1. The van der Waals surface area contributed by atoms with Crippen molar-refractivity contribution in [2.45, 2.75) is 12.0 Å². The smallest absolute Gasteiger partial charge is 0.252 e. The van der Waals surface area contributed by atoms with Gasteiger partial charge < -0.3 is 14.8 Å². The van der Waals surface area contributed by atoms with Crippen LogP contribution < -0.4 is 5.32 Å². The molecule has 0 saturated carbocycles. The largest absolute Gasteiger partial charge is 0.378 e. The normalized spacial score (nSPS) is 23.0. The molecule has 1 fully saturated rings. The number of methoxy groups -OCH3 is 1. The van der Waals surface area contributed by atoms with E-state index in [-0.39, 0.29) is 5.91 Å². The zero-order chi connectivity index (χ0) is 13.0. The third kappa shape index (κ3) is 2.83. The topological polar surface area (TPSA) is 60.5 Å². The highest BCUT2D eigenvalue weighted by atomic mass is 19.1. The summed E-state index contributed by atoms with van der Waals surface area (Å²) in [6.07, 6.45) is 1.95. The van der Waals surface area contributed by atoms with E-state index in [2.05, 4.69) is 10.3 Å². The van der Waals surface area contributed by atoms with Crippen molar-refractivity contribution in [1.29, 1.82) is 0 Å². The molecule has 2 rings (SSSR count). The molecule has 1 aromatic heterocycles. The van der Waals surface area contributed by atoms with Gasteiger partial charge in [-0.25, -0.2) is 4.98 Å². The fraction of sp³-hybridized carbons (Fsp3) is 0.500. The molecule has 1 atom stereocenters. The number of halogens is 1. The molecule has 1 amide bonds. The van der Waals surface area contributed by atoms with Crippen LogP contribution in [0.1, 0.15) is 16.8 Å². The van der Waals surface area contributed by atoms with E-state index in [1.807, 2.05) is 0 Å². The number of carbonyl (C=O) groups excluding carboxylic acids is 1. The molecule has 0 spiro atoms. The molecule has 2 heterocycles. The summed E-state index contributed by atoms with van der Waals surface area (Å²) in [5.74, 6) is -0.907. The highest BCUT2D eigenvalue weighted by Gasteiger charge is 2.35. The molecule has 0 radical (unpaired) electrons. The summed E-state index contributed by atoms with van der Waals surface area (Å²) in [5.41, 5.74) is -0.134. The van der Waals surface area contributed by atoms with Gasteiger partial charge in [0, 0.05) is 32.9 Å². The summed E-state index contributed by atoms with van der Waals surface area (Å²) in [6.45, 7) is 1.45. The predicted molar refractivity (Wildman–Crippen MR) is 61.7 cm³/mol. The van der Waals surface area contributed by atoms with Gasteiger partial charge in [0.15, 0.2) is 0 Å². The summed E-state index contributed by atoms with van der Waals surface area (Å²) >= 11 is 0. The molecular formula is C12H15FN2O3. The monoisotopic (exact) mass is 254 g/mol. The lowest BCUT2D eigenvalue weighted by molar-refractivity contribution is -0.0148. The zero-order valence-electron chi connectivity index (χ0n) is 10.1. The highest BCUT2D eigenvalue weighted by Crippen LogP contribution is 2.21. The molecular weight excluding hydrogens is 239 g/mol. The number of nitrogens with zero attached hydrogens (tertiary/aromatic N) is 1. The van der Waals surface area contributed by atoms with Crippen molar-refractivity contribution < 1.29 is 18.7 Å². The van der Waals surface area contributed by atoms with Crippen molar-refractivity contribution in [3.8, 4) is 0 Å². The Morgan fingerprint density at radius 1 is 1.67 bits per heavy atom. The van der Waals surface area contributed by atoms with Crippen LogP contribution in [-0.4, -0.2) is 43.4 Å². The predicted octanol–water partition coefficient (Wildman–Crippen LogP) is 0.756. The molecule has 1 aromatic rings. The second-order valence-electron chi connectivity index (χ2n) is 4.24. The Morgan fingerprint density at radius 3 is 3.06 bits per heavy atom. The van der Waals surface area contributed by atoms with Gasteiger partial charge in [0.2, 0.25) is 5.95 Å². The van der Waals surface area contributed by atoms with Gasteiger partial charge in [-0.2, -0.15) is 4.39 Å². The standard InChI is InChI=1S/C12H15FN2O3/c1-17-12(4-5-18-8-12)7-15-11(16)9-2-3-10(13)14-6-9/h2-3,6H,4-5,7-8H2,1H3,(H,15,16). The molecule has 0 aliphatic carbocycles. The van der Waals surface area contributed by atoms with Crippen molar-refractivity contribution >= 4 is 5.91 Å². The summed E-state index contributed by atoms with van der Waals surface area (Å²) in [5, 5.41) is 2.75. The summed E-state index contributed by atoms with van der Waals surface area (Å²) in [7, 11) is 1.60. The number of aromatic nitrogens is 1. The van der Waals surface area contributed by atoms with Gasteiger partial charge in [0.25, 0.3) is 5.91 Å². The molecule has 1 N–H and O–H groups in total. The van der Waals surface area contributed by atoms with Crippen LogP contribution in [0.5, 0.6) is 0 Å². The number of ether oxygens (including phenoxy) is 2. The molecule has 0 aromatic carbocycles. The van der Waals surface area contributed by atoms with Crippen molar-refractivity contribution in [1.82, 2.24) is 10.3 Å². The van der Waals surface area contributed by atoms with E-state index in [0.717, 1.165) is 12.5 Å². The maximum absolute atomic E-state index is 12.6. The number of hydrogen-bond donors (Lipinski definition) is 1. The lowest BCUT2D eigenvalue weighted by Gasteiger charge is -2.25. The van der Waals surface area contributed by atoms with E-state index in [1.54, 1.807) is 7.11 Å². The van der Waals surface area contributed by atoms with Gasteiger partial charge in [-0.15, -0.1) is 0 Å². The van der Waals surface area contributed by atoms with Crippen molar-refractivity contribution in [2.24, 2.45) is 0 Å². The Kier molecular flexibility index (Phi) is 3.88. The molecule has 0 bridgehead atoms. The number of hydrogen-bond acceptors (Lipinski definition) is 4. The lowest BCUT2D eigenvalue weighted by Crippen LogP contribution is -2.45. The first-order chi connectivity index (χ1) is 8.65. The van der Waals surface area contributed by atoms with E-state index < -0.39 is 11.5 Å². The van der Waals surface area contributed by atoms with Crippen LogP contribution in [0.25, 0.3) is 0 Å². The minimum Gasteiger partial charge on any atom is -0.378 e. The zero-order valence-corrected chi connectivity index (χ0v) is 10.1. The number of rotatable bonds is 4. The maximum atomic E-state index is 12.6. The summed E-state index contributed by atoms with van der Waals surface area (Å²) in [6, 6.07) is 2.54. The number of carbonyl (C=O) groups is 1. The van der Waals surface area contributed by atoms with Gasteiger partial charge in [-0.1, -0.05) is 0 Å². The number of nitrogens with one attached hydrogen (secondary N) is 1. The SMILES string of the molecule is COC1(CNC(=O)c2ccc(F)nc2)CCOC1. The van der Waals surface area contributed by atoms with Gasteiger partial charge in [0.1, 0.15) is 5.60 Å². The maximum Gasteiger partial charge on any atom is 0.252 e. The van der Waals surface area contributed by atoms with Crippen molar-refractivity contribution in [2.75, 3.05) is 26.9 Å². The van der Waals surface area contributed by atoms with E-state index in [9.17, 15) is 9.18 Å². The Balaban J connectivity index is 1.93. The van der Waals surface area contributed by atoms with Crippen LogP contribution in [0.2, 0.25) is 0 Å². The van der Waals surface area contributed by atoms with Crippen LogP contribution in [0, 0.1) is 5.95 Å². The fourth-order valence-electron chi connectivity index (χ4n) is 1.81. The molecule has 6 heteroatoms. The average Bonchev–Trinajstić information content (AvgIpc) is 2.86. The summed E-state index contributed by atoms with van der Waals surface area (Å²) in [4.78, 5) is 15.2. The molecule has 1 aliphatic rings. The number of amides is 1. The van der Waals surface area contributed by atoms with E-state index in [1.165, 1.54) is 12.3 Å². The molecule has 18 heavy (non-hydrogen) atoms. The fourth-order valence-corrected chi connectivity index (χ4v) is 1.81. The highest BCUT2D eigenvalue weighted by molar-refractivity contribution is 5.93. The molecule has 5 nitrogen and oxygen atoms in total. The van der Waals surface area contributed by atoms with Crippen LogP contribution in [0.4, 0.5) is 4.39 Å². The molecule has 1 saturated heterocycles. The third-order valence-corrected chi connectivity index (χ3v) is 3.06. The van der Waals surface area contributed by atoms with Gasteiger partial charge >= 0.3 is 0 Å². The Hall–Kier alpha value is -1.53. The second kappa shape index (κ2) is 5.41. The van der Waals surface area contributed by atoms with Gasteiger partial charge in [0.05, 0.1) is 12.2 Å². The van der Waals surface area contributed by atoms with Gasteiger partial charge in [-0.3, -0.25) is 4.79 Å². The van der Waals surface area contributed by atoms with Crippen molar-refractivity contribution in [3.63, 3.8) is 0 Å². The van der Waals surface area contributed by atoms with Crippen LogP contribution in [0.15, 0.2) is 18.3 Å². The van der Waals surface area contributed by atoms with E-state index in [0.29, 0.717) is 25.3 Å². The summed E-state index contributed by atoms with van der Waals surface area (Å²) < 4.78 is 23.3. The quantitative estimate of drug-likeness (QED) is 0.806. The van der Waals surface area contributed by atoms with E-state index in [4.69, 9.17) is 9.47 Å². The van der Waals surface area contributed by atoms with E-state index >= 15 is 0 Å². The van der Waals surface area contributed by atoms with Crippen LogP contribution >= 0.6 is 0 Å². The average molecular weight is 254 g/mol. The minimum absolute atomic E-state index is 0.300. The molecule has 1 unspecified atom stereocenters. The van der Waals surface area contributed by atoms with Gasteiger partial charge in [-0.05, 0) is 12.1 Å². The Morgan fingerprint density at radius 2 is 2.50 bits per heavy atom. The first-order valence-electron chi connectivity index (χ1n) is 5.68. The second-order valence-corrected chi connectivity index (χ2v) is 4.24. The molecule has 98 valence electrons. The Labute approximate surface area is 104 Å². The first kappa shape index (κ1) is 12.9. The Bertz CT molecular complexity index is 416. The lowest BCUT2D eigenvalue weighted by atomic mass is 10.0. The van der Waals surface area contributed by atoms with Crippen molar-refractivity contribution in [3.05, 3.63) is 29.8 Å².